The molecule has 1 N–H and O–H groups in total. The van der Waals surface area contributed by atoms with Crippen LogP contribution in [0.15, 0.2) is 6.07 Å². The topological polar surface area (TPSA) is 38.0 Å². The molecule has 0 bridgehead atoms. The highest BCUT2D eigenvalue weighted by Gasteiger charge is 2.45. The summed E-state index contributed by atoms with van der Waals surface area (Å²) < 4.78 is 2.06. The van der Waals surface area contributed by atoms with Gasteiger partial charge in [0.2, 0.25) is 0 Å². The van der Waals surface area contributed by atoms with E-state index in [9.17, 15) is 5.11 Å². The fraction of sp³-hybridized carbons (Fsp3) is 0.812. The van der Waals surface area contributed by atoms with E-state index in [0.717, 1.165) is 44.3 Å². The molecule has 1 atom stereocenters. The van der Waals surface area contributed by atoms with E-state index in [-0.39, 0.29) is 5.41 Å². The van der Waals surface area contributed by atoms with E-state index >= 15 is 0 Å². The largest absolute Gasteiger partial charge is 0.389 e. The van der Waals surface area contributed by atoms with Crippen molar-refractivity contribution in [3.8, 4) is 0 Å². The molecule has 1 aliphatic carbocycles. The van der Waals surface area contributed by atoms with E-state index in [1.807, 2.05) is 0 Å². The van der Waals surface area contributed by atoms with Crippen molar-refractivity contribution in [3.63, 3.8) is 0 Å². The lowest BCUT2D eigenvalue weighted by Gasteiger charge is -2.46. The van der Waals surface area contributed by atoms with Crippen LogP contribution in [0.3, 0.4) is 0 Å². The van der Waals surface area contributed by atoms with E-state index in [1.54, 1.807) is 0 Å². The third-order valence-electron chi connectivity index (χ3n) is 4.95. The molecule has 1 saturated carbocycles. The second kappa shape index (κ2) is 5.28. The molecule has 0 amide bonds. The van der Waals surface area contributed by atoms with Gasteiger partial charge in [0.25, 0.3) is 0 Å². The molecule has 108 valence electrons. The third kappa shape index (κ3) is 2.71. The molecule has 0 saturated heterocycles. The number of aliphatic hydroxyl groups is 1. The molecular formula is C16H28N2O. The lowest BCUT2D eigenvalue weighted by Crippen LogP contribution is -2.49. The van der Waals surface area contributed by atoms with Crippen LogP contribution in [0.2, 0.25) is 0 Å². The molecule has 19 heavy (non-hydrogen) atoms. The molecule has 1 fully saturated rings. The van der Waals surface area contributed by atoms with Crippen LogP contribution in [0, 0.1) is 5.41 Å². The summed E-state index contributed by atoms with van der Waals surface area (Å²) in [6.45, 7) is 9.54. The molecule has 2 rings (SSSR count). The Balaban J connectivity index is 2.26. The Morgan fingerprint density at radius 1 is 1.26 bits per heavy atom. The van der Waals surface area contributed by atoms with Gasteiger partial charge in [-0.25, -0.2) is 0 Å². The Kier molecular flexibility index (Phi) is 4.05. The van der Waals surface area contributed by atoms with Crippen LogP contribution in [-0.4, -0.2) is 20.5 Å². The summed E-state index contributed by atoms with van der Waals surface area (Å²) in [4.78, 5) is 0. The van der Waals surface area contributed by atoms with Gasteiger partial charge in [0, 0.05) is 18.7 Å². The zero-order valence-corrected chi connectivity index (χ0v) is 12.9. The highest BCUT2D eigenvalue weighted by molar-refractivity contribution is 5.15. The SMILES string of the molecule is CCc1cc(CC2(O)CCCCC2(C)C)n(CC)n1. The molecular weight excluding hydrogens is 236 g/mol. The van der Waals surface area contributed by atoms with Crippen LogP contribution in [0.4, 0.5) is 0 Å². The first-order valence-corrected chi connectivity index (χ1v) is 7.70. The van der Waals surface area contributed by atoms with Crippen LogP contribution < -0.4 is 0 Å². The van der Waals surface area contributed by atoms with Crippen LogP contribution in [0.1, 0.15) is 64.8 Å². The standard InChI is InChI=1S/C16H28N2O/c1-5-13-11-14(18(6-2)17-13)12-16(19)10-8-7-9-15(16,3)4/h11,19H,5-10,12H2,1-4H3. The first-order valence-electron chi connectivity index (χ1n) is 7.70. The maximum atomic E-state index is 11.1. The van der Waals surface area contributed by atoms with Crippen LogP contribution >= 0.6 is 0 Å². The van der Waals surface area contributed by atoms with Gasteiger partial charge in [-0.2, -0.15) is 5.10 Å². The highest BCUT2D eigenvalue weighted by Crippen LogP contribution is 2.45. The molecule has 0 spiro atoms. The number of hydrogen-bond acceptors (Lipinski definition) is 2. The minimum atomic E-state index is -0.580. The average Bonchev–Trinajstić information content (AvgIpc) is 2.75. The van der Waals surface area contributed by atoms with Gasteiger partial charge < -0.3 is 5.11 Å². The van der Waals surface area contributed by atoms with Gasteiger partial charge in [-0.1, -0.05) is 33.6 Å². The number of rotatable bonds is 4. The average molecular weight is 264 g/mol. The Hall–Kier alpha value is -0.830. The second-order valence-electron chi connectivity index (χ2n) is 6.60. The first kappa shape index (κ1) is 14.6. The smallest absolute Gasteiger partial charge is 0.0753 e. The van der Waals surface area contributed by atoms with Crippen molar-refractivity contribution < 1.29 is 5.11 Å². The maximum Gasteiger partial charge on any atom is 0.0753 e. The second-order valence-corrected chi connectivity index (χ2v) is 6.60. The number of aryl methyl sites for hydroxylation is 2. The van der Waals surface area contributed by atoms with Crippen molar-refractivity contribution in [2.45, 2.75) is 78.4 Å². The van der Waals surface area contributed by atoms with Gasteiger partial charge in [-0.3, -0.25) is 4.68 Å². The van der Waals surface area contributed by atoms with E-state index in [0.29, 0.717) is 0 Å². The molecule has 1 heterocycles. The summed E-state index contributed by atoms with van der Waals surface area (Å²) in [5.41, 5.74) is 1.75. The zero-order valence-electron chi connectivity index (χ0n) is 12.9. The number of aromatic nitrogens is 2. The molecule has 3 nitrogen and oxygen atoms in total. The van der Waals surface area contributed by atoms with Gasteiger partial charge in [-0.15, -0.1) is 0 Å². The summed E-state index contributed by atoms with van der Waals surface area (Å²) >= 11 is 0. The molecule has 1 aliphatic rings. The zero-order chi connectivity index (χ0) is 14.1. The van der Waals surface area contributed by atoms with Crippen LogP contribution in [-0.2, 0) is 19.4 Å². The predicted molar refractivity (Wildman–Crippen MR) is 78.2 cm³/mol. The summed E-state index contributed by atoms with van der Waals surface area (Å²) in [5.74, 6) is 0. The monoisotopic (exact) mass is 264 g/mol. The molecule has 0 aliphatic heterocycles. The van der Waals surface area contributed by atoms with Crippen molar-refractivity contribution in [1.82, 2.24) is 9.78 Å². The quantitative estimate of drug-likeness (QED) is 0.905. The van der Waals surface area contributed by atoms with Gasteiger partial charge in [0.05, 0.1) is 11.3 Å². The van der Waals surface area contributed by atoms with E-state index in [4.69, 9.17) is 0 Å². The lowest BCUT2D eigenvalue weighted by atomic mass is 9.63. The normalized spacial score (nSPS) is 26.6. The van der Waals surface area contributed by atoms with Gasteiger partial charge in [0.1, 0.15) is 0 Å². The van der Waals surface area contributed by atoms with Gasteiger partial charge in [0.15, 0.2) is 0 Å². The van der Waals surface area contributed by atoms with Crippen molar-refractivity contribution in [2.75, 3.05) is 0 Å². The van der Waals surface area contributed by atoms with Crippen LogP contribution in [0.5, 0.6) is 0 Å². The number of nitrogens with zero attached hydrogens (tertiary/aromatic N) is 2. The fourth-order valence-corrected chi connectivity index (χ4v) is 3.29. The van der Waals surface area contributed by atoms with E-state index in [2.05, 4.69) is 43.5 Å². The molecule has 0 radical (unpaired) electrons. The third-order valence-corrected chi connectivity index (χ3v) is 4.95. The van der Waals surface area contributed by atoms with Gasteiger partial charge in [-0.05, 0) is 37.7 Å². The Labute approximate surface area is 117 Å². The number of hydrogen-bond donors (Lipinski definition) is 1. The molecule has 1 aromatic heterocycles. The minimum absolute atomic E-state index is 0.000466. The molecule has 1 aromatic rings. The minimum Gasteiger partial charge on any atom is -0.389 e. The summed E-state index contributed by atoms with van der Waals surface area (Å²) in [6, 6.07) is 2.17. The van der Waals surface area contributed by atoms with Crippen molar-refractivity contribution in [3.05, 3.63) is 17.5 Å². The van der Waals surface area contributed by atoms with Crippen LogP contribution in [0.25, 0.3) is 0 Å². The highest BCUT2D eigenvalue weighted by atomic mass is 16.3. The van der Waals surface area contributed by atoms with E-state index in [1.165, 1.54) is 12.1 Å². The Morgan fingerprint density at radius 3 is 2.53 bits per heavy atom. The van der Waals surface area contributed by atoms with Crippen molar-refractivity contribution in [2.24, 2.45) is 5.41 Å². The lowest BCUT2D eigenvalue weighted by molar-refractivity contribution is -0.0969. The summed E-state index contributed by atoms with van der Waals surface area (Å²) in [7, 11) is 0. The Morgan fingerprint density at radius 2 is 1.95 bits per heavy atom. The summed E-state index contributed by atoms with van der Waals surface area (Å²) in [5, 5.41) is 15.7. The maximum absolute atomic E-state index is 11.1. The predicted octanol–water partition coefficient (Wildman–Crippen LogP) is 3.34. The molecule has 3 heteroatoms. The van der Waals surface area contributed by atoms with Gasteiger partial charge >= 0.3 is 0 Å². The fourth-order valence-electron chi connectivity index (χ4n) is 3.29. The molecule has 1 unspecified atom stereocenters. The van der Waals surface area contributed by atoms with E-state index < -0.39 is 5.60 Å². The Bertz CT molecular complexity index is 436. The molecule has 0 aromatic carbocycles. The summed E-state index contributed by atoms with van der Waals surface area (Å²) in [6.07, 6.45) is 6.10. The van der Waals surface area contributed by atoms with Crippen molar-refractivity contribution >= 4 is 0 Å². The first-order chi connectivity index (χ1) is 8.92. The van der Waals surface area contributed by atoms with Crippen molar-refractivity contribution in [1.29, 1.82) is 0 Å².